The number of rotatable bonds is 5. The number of benzene rings is 2. The highest BCUT2D eigenvalue weighted by Gasteiger charge is 2.55. The lowest BCUT2D eigenvalue weighted by Crippen LogP contribution is -2.51. The number of carbonyl (C=O) groups excluding carboxylic acids is 1. The number of alkyl halides is 6. The van der Waals surface area contributed by atoms with E-state index < -0.39 is 57.8 Å². The molecule has 0 aliphatic heterocycles. The summed E-state index contributed by atoms with van der Waals surface area (Å²) >= 11 is 0. The Bertz CT molecular complexity index is 1250. The molecule has 0 bridgehead atoms. The zero-order chi connectivity index (χ0) is 25.5. The largest absolute Gasteiger partial charge is 0.437 e. The predicted molar refractivity (Wildman–Crippen MR) is 109 cm³/mol. The van der Waals surface area contributed by atoms with Crippen molar-refractivity contribution in [2.75, 3.05) is 5.32 Å². The maximum absolute atomic E-state index is 14.0. The van der Waals surface area contributed by atoms with Crippen molar-refractivity contribution < 1.29 is 40.8 Å². The summed E-state index contributed by atoms with van der Waals surface area (Å²) in [6.45, 7) is 2.43. The molecule has 0 aliphatic carbocycles. The zero-order valence-corrected chi connectivity index (χ0v) is 17.7. The predicted octanol–water partition coefficient (Wildman–Crippen LogP) is 4.66. The Morgan fingerprint density at radius 3 is 2.18 bits per heavy atom. The van der Waals surface area contributed by atoms with Gasteiger partial charge in [0.15, 0.2) is 5.69 Å². The van der Waals surface area contributed by atoms with Gasteiger partial charge in [0.05, 0.1) is 11.3 Å². The minimum atomic E-state index is -5.02. The Kier molecular flexibility index (Phi) is 6.49. The van der Waals surface area contributed by atoms with Crippen LogP contribution in [0.1, 0.15) is 25.1 Å². The van der Waals surface area contributed by atoms with Gasteiger partial charge in [-0.1, -0.05) is 49.3 Å². The fraction of sp³-hybridized carbons (Fsp3) is 0.318. The number of hydrogen-bond donors (Lipinski definition) is 2. The molecule has 1 amide bonds. The first kappa shape index (κ1) is 25.2. The monoisotopic (exact) mass is 488 g/mol. The number of hydrogen-bond acceptors (Lipinski definition) is 5. The highest BCUT2D eigenvalue weighted by Crippen LogP contribution is 2.44. The van der Waals surface area contributed by atoms with E-state index in [1.165, 1.54) is 38.1 Å². The minimum Gasteiger partial charge on any atom is -0.383 e. The quantitative estimate of drug-likeness (QED) is 0.510. The van der Waals surface area contributed by atoms with Crippen LogP contribution in [0.2, 0.25) is 0 Å². The van der Waals surface area contributed by atoms with E-state index in [1.807, 2.05) is 5.32 Å². The molecule has 0 spiro atoms. The number of aliphatic hydroxyl groups excluding tert-OH is 1. The Morgan fingerprint density at radius 1 is 1.00 bits per heavy atom. The van der Waals surface area contributed by atoms with Crippen molar-refractivity contribution in [3.8, 4) is 0 Å². The maximum atomic E-state index is 14.0. The van der Waals surface area contributed by atoms with Crippen molar-refractivity contribution >= 4 is 22.4 Å². The smallest absolute Gasteiger partial charge is 0.383 e. The number of nitrogens with zero attached hydrogens (tertiary/aromatic N) is 1. The Hall–Kier alpha value is -3.41. The van der Waals surface area contributed by atoms with Crippen molar-refractivity contribution in [2.45, 2.75) is 37.7 Å². The molecule has 1 heterocycles. The highest BCUT2D eigenvalue weighted by molar-refractivity contribution is 5.97. The molecule has 34 heavy (non-hydrogen) atoms. The van der Waals surface area contributed by atoms with Gasteiger partial charge in [0.2, 0.25) is 0 Å². The van der Waals surface area contributed by atoms with E-state index in [0.717, 1.165) is 18.2 Å². The molecular weight excluding hydrogens is 470 g/mol. The van der Waals surface area contributed by atoms with Gasteiger partial charge in [-0.2, -0.15) is 26.3 Å². The van der Waals surface area contributed by atoms with Gasteiger partial charge in [-0.05, 0) is 23.8 Å². The standard InChI is InChI=1S/C22H18F6N2O4/c1-20(2,11-6-4-3-5-7-11)16(21(23,24)25)15(31)18(32)29-12-8-9-13-14(10-12)17(22(26,27)28)30-34-19(13)33/h3-10,15-16,31H,1-2H3,(H,29,32). The fourth-order valence-electron chi connectivity index (χ4n) is 3.78. The molecule has 0 saturated heterocycles. The molecule has 0 aliphatic rings. The average molecular weight is 488 g/mol. The summed E-state index contributed by atoms with van der Waals surface area (Å²) < 4.78 is 85.7. The maximum Gasteiger partial charge on any atom is 0.437 e. The van der Waals surface area contributed by atoms with E-state index in [4.69, 9.17) is 0 Å². The summed E-state index contributed by atoms with van der Waals surface area (Å²) in [4.78, 5) is 24.3. The topological polar surface area (TPSA) is 92.4 Å². The van der Waals surface area contributed by atoms with Gasteiger partial charge in [-0.15, -0.1) is 0 Å². The van der Waals surface area contributed by atoms with Gasteiger partial charge in [0.1, 0.15) is 6.10 Å². The van der Waals surface area contributed by atoms with Crippen LogP contribution in [0.5, 0.6) is 0 Å². The molecule has 3 aromatic rings. The van der Waals surface area contributed by atoms with Crippen LogP contribution < -0.4 is 10.9 Å². The number of aliphatic hydroxyl groups is 1. The van der Waals surface area contributed by atoms with Gasteiger partial charge in [-0.3, -0.25) is 4.79 Å². The summed E-state index contributed by atoms with van der Waals surface area (Å²) in [6.07, 6.45) is -12.6. The third kappa shape index (κ3) is 4.91. The second-order valence-corrected chi connectivity index (χ2v) is 8.12. The molecule has 2 unspecified atom stereocenters. The molecular formula is C22H18F6N2O4. The third-order valence-electron chi connectivity index (χ3n) is 5.48. The van der Waals surface area contributed by atoms with Gasteiger partial charge in [0, 0.05) is 16.5 Å². The molecule has 3 rings (SSSR count). The van der Waals surface area contributed by atoms with Crippen LogP contribution in [0.15, 0.2) is 57.8 Å². The van der Waals surface area contributed by atoms with Crippen LogP contribution in [0, 0.1) is 5.92 Å². The van der Waals surface area contributed by atoms with Crippen molar-refractivity contribution in [2.24, 2.45) is 5.92 Å². The lowest BCUT2D eigenvalue weighted by Gasteiger charge is -2.38. The van der Waals surface area contributed by atoms with Crippen molar-refractivity contribution in [3.63, 3.8) is 0 Å². The number of halogens is 6. The molecule has 0 saturated carbocycles. The number of amides is 1. The van der Waals surface area contributed by atoms with Crippen LogP contribution in [-0.4, -0.2) is 28.5 Å². The molecule has 2 aromatic carbocycles. The van der Waals surface area contributed by atoms with Crippen molar-refractivity contribution in [1.29, 1.82) is 0 Å². The Labute approximate surface area is 188 Å². The van der Waals surface area contributed by atoms with Crippen molar-refractivity contribution in [1.82, 2.24) is 5.16 Å². The molecule has 2 atom stereocenters. The average Bonchev–Trinajstić information content (AvgIpc) is 2.72. The second kappa shape index (κ2) is 8.75. The molecule has 2 N–H and O–H groups in total. The number of aromatic nitrogens is 1. The number of anilines is 1. The summed E-state index contributed by atoms with van der Waals surface area (Å²) in [6, 6.07) is 10.1. The third-order valence-corrected chi connectivity index (χ3v) is 5.48. The SMILES string of the molecule is CC(C)(c1ccccc1)C(C(O)C(=O)Nc1ccc2c(=O)onc(C(F)(F)F)c2c1)C(F)(F)F. The van der Waals surface area contributed by atoms with Gasteiger partial charge in [-0.25, -0.2) is 4.79 Å². The lowest BCUT2D eigenvalue weighted by atomic mass is 9.70. The van der Waals surface area contributed by atoms with Crippen LogP contribution in [-0.2, 0) is 16.4 Å². The zero-order valence-electron chi connectivity index (χ0n) is 17.7. The van der Waals surface area contributed by atoms with Crippen LogP contribution >= 0.6 is 0 Å². The number of fused-ring (bicyclic) bond motifs is 1. The van der Waals surface area contributed by atoms with Crippen LogP contribution in [0.3, 0.4) is 0 Å². The fourth-order valence-corrected chi connectivity index (χ4v) is 3.78. The Morgan fingerprint density at radius 2 is 1.62 bits per heavy atom. The molecule has 6 nitrogen and oxygen atoms in total. The van der Waals surface area contributed by atoms with Gasteiger partial charge >= 0.3 is 18.0 Å². The van der Waals surface area contributed by atoms with Crippen molar-refractivity contribution in [3.05, 3.63) is 70.2 Å². The summed E-state index contributed by atoms with van der Waals surface area (Å²) in [5.74, 6) is -4.04. The van der Waals surface area contributed by atoms with E-state index in [0.29, 0.717) is 0 Å². The molecule has 12 heteroatoms. The van der Waals surface area contributed by atoms with E-state index in [1.54, 1.807) is 6.07 Å². The van der Waals surface area contributed by atoms with E-state index in [2.05, 4.69) is 9.68 Å². The second-order valence-electron chi connectivity index (χ2n) is 8.12. The molecule has 182 valence electrons. The first-order chi connectivity index (χ1) is 15.6. The normalized spacial score (nSPS) is 14.6. The molecule has 0 radical (unpaired) electrons. The molecule has 1 aromatic heterocycles. The summed E-state index contributed by atoms with van der Waals surface area (Å²) in [5.41, 5.74) is -4.65. The van der Waals surface area contributed by atoms with Gasteiger partial charge < -0.3 is 14.9 Å². The van der Waals surface area contributed by atoms with E-state index >= 15 is 0 Å². The van der Waals surface area contributed by atoms with Gasteiger partial charge in [0.25, 0.3) is 5.91 Å². The lowest BCUT2D eigenvalue weighted by molar-refractivity contribution is -0.216. The minimum absolute atomic E-state index is 0.211. The van der Waals surface area contributed by atoms with E-state index in [-0.39, 0.29) is 11.3 Å². The Balaban J connectivity index is 1.98. The number of nitrogens with one attached hydrogen (secondary N) is 1. The van der Waals surface area contributed by atoms with Crippen LogP contribution in [0.4, 0.5) is 32.0 Å². The highest BCUT2D eigenvalue weighted by atomic mass is 19.4. The first-order valence-corrected chi connectivity index (χ1v) is 9.76. The van der Waals surface area contributed by atoms with Crippen LogP contribution in [0.25, 0.3) is 10.8 Å². The number of carbonyl (C=O) groups is 1. The first-order valence-electron chi connectivity index (χ1n) is 9.76. The summed E-state index contributed by atoms with van der Waals surface area (Å²) in [5, 5.41) is 13.9. The summed E-state index contributed by atoms with van der Waals surface area (Å²) in [7, 11) is 0. The van der Waals surface area contributed by atoms with E-state index in [9.17, 15) is 41.0 Å². The molecule has 0 fully saturated rings.